The van der Waals surface area contributed by atoms with Crippen molar-refractivity contribution >= 4 is 52.4 Å². The van der Waals surface area contributed by atoms with Crippen LogP contribution in [0.3, 0.4) is 0 Å². The molecule has 1 aliphatic rings. The molecule has 0 aromatic heterocycles. The molecule has 1 aliphatic heterocycles. The van der Waals surface area contributed by atoms with Gasteiger partial charge in [-0.3, -0.25) is 10.1 Å². The third-order valence-corrected chi connectivity index (χ3v) is 6.25. The Balaban J connectivity index is 2.02. The average molecular weight is 506 g/mol. The van der Waals surface area contributed by atoms with E-state index in [0.29, 0.717) is 31.9 Å². The van der Waals surface area contributed by atoms with Gasteiger partial charge in [0, 0.05) is 33.4 Å². The molecule has 0 aliphatic carbocycles. The van der Waals surface area contributed by atoms with E-state index in [1.807, 2.05) is 6.07 Å². The Morgan fingerprint density at radius 2 is 1.70 bits per heavy atom. The molecule has 170 valence electrons. The fraction of sp³-hybridized carbons (Fsp3) is 0.167. The summed E-state index contributed by atoms with van der Waals surface area (Å²) in [5, 5.41) is 14.6. The van der Waals surface area contributed by atoms with E-state index in [9.17, 15) is 14.7 Å². The van der Waals surface area contributed by atoms with E-state index in [1.165, 1.54) is 23.1 Å². The Morgan fingerprint density at radius 1 is 1.03 bits per heavy atom. The van der Waals surface area contributed by atoms with Crippen molar-refractivity contribution in [3.63, 3.8) is 0 Å². The predicted molar refractivity (Wildman–Crippen MR) is 129 cm³/mol. The second-order valence-electron chi connectivity index (χ2n) is 7.58. The highest BCUT2D eigenvalue weighted by Crippen LogP contribution is 2.43. The van der Waals surface area contributed by atoms with Crippen LogP contribution >= 0.6 is 34.8 Å². The lowest BCUT2D eigenvalue weighted by Gasteiger charge is -2.40. The molecule has 0 unspecified atom stereocenters. The highest BCUT2D eigenvalue weighted by atomic mass is 35.5. The summed E-state index contributed by atoms with van der Waals surface area (Å²) in [6.45, 7) is -0.138. The largest absolute Gasteiger partial charge is 0.478 e. The van der Waals surface area contributed by atoms with E-state index < -0.39 is 17.6 Å². The van der Waals surface area contributed by atoms with Crippen LogP contribution in [-0.2, 0) is 15.1 Å². The van der Waals surface area contributed by atoms with Crippen molar-refractivity contribution < 1.29 is 19.4 Å². The van der Waals surface area contributed by atoms with E-state index in [0.717, 1.165) is 0 Å². The van der Waals surface area contributed by atoms with Crippen molar-refractivity contribution in [2.75, 3.05) is 18.5 Å². The molecule has 0 saturated carbocycles. The number of rotatable bonds is 5. The van der Waals surface area contributed by atoms with E-state index in [2.05, 4.69) is 5.32 Å². The van der Waals surface area contributed by atoms with Crippen molar-refractivity contribution in [2.24, 2.45) is 0 Å². The zero-order chi connectivity index (χ0) is 23.8. The summed E-state index contributed by atoms with van der Waals surface area (Å²) in [6.07, 6.45) is -1.52. The van der Waals surface area contributed by atoms with Crippen LogP contribution in [0.25, 0.3) is 0 Å². The quantitative estimate of drug-likeness (QED) is 0.511. The molecule has 1 heterocycles. The number of carbonyl (C=O) groups excluding carboxylic acids is 1. The lowest BCUT2D eigenvalue weighted by Crippen LogP contribution is -2.58. The summed E-state index contributed by atoms with van der Waals surface area (Å²) >= 11 is 18.6. The van der Waals surface area contributed by atoms with Crippen molar-refractivity contribution in [1.82, 2.24) is 5.32 Å². The first-order valence-electron chi connectivity index (χ1n) is 9.95. The fourth-order valence-electron chi connectivity index (χ4n) is 4.08. The highest BCUT2D eigenvalue weighted by molar-refractivity contribution is 6.34. The Morgan fingerprint density at radius 3 is 2.33 bits per heavy atom. The molecule has 4 rings (SSSR count). The summed E-state index contributed by atoms with van der Waals surface area (Å²) in [4.78, 5) is 27.1. The molecular weight excluding hydrogens is 487 g/mol. The number of aliphatic carboxylic acids is 1. The van der Waals surface area contributed by atoms with Gasteiger partial charge in [0.15, 0.2) is 0 Å². The Kier molecular flexibility index (Phi) is 6.54. The molecule has 0 fully saturated rings. The highest BCUT2D eigenvalue weighted by Gasteiger charge is 2.51. The minimum atomic E-state index is -1.52. The van der Waals surface area contributed by atoms with Crippen LogP contribution in [0.2, 0.25) is 15.1 Å². The van der Waals surface area contributed by atoms with E-state index in [4.69, 9.17) is 39.5 Å². The first kappa shape index (κ1) is 23.4. The van der Waals surface area contributed by atoms with Crippen LogP contribution in [0, 0.1) is 0 Å². The van der Waals surface area contributed by atoms with Gasteiger partial charge in [-0.25, -0.2) is 4.79 Å². The number of hydrogen-bond acceptors (Lipinski definition) is 4. The zero-order valence-electron chi connectivity index (χ0n) is 17.4. The number of hydrogen-bond donors (Lipinski definition) is 2. The maximum Gasteiger partial charge on any atom is 0.347 e. The van der Waals surface area contributed by atoms with Crippen LogP contribution in [-0.4, -0.2) is 36.7 Å². The molecule has 2 N–H and O–H groups in total. The molecule has 9 heteroatoms. The molecule has 0 spiro atoms. The summed E-state index contributed by atoms with van der Waals surface area (Å²) in [5.41, 5.74) is 0.0900. The predicted octanol–water partition coefficient (Wildman–Crippen LogP) is 4.99. The number of carboxylic acid groups (broad SMARTS) is 1. The molecule has 0 bridgehead atoms. The molecule has 3 aromatic rings. The summed E-state index contributed by atoms with van der Waals surface area (Å²) in [6, 6.07) is 18.4. The number of halogens is 3. The van der Waals surface area contributed by atoms with Gasteiger partial charge >= 0.3 is 5.97 Å². The number of carboxylic acids is 1. The topological polar surface area (TPSA) is 78.9 Å². The number of anilines is 1. The van der Waals surface area contributed by atoms with E-state index in [-0.39, 0.29) is 18.2 Å². The summed E-state index contributed by atoms with van der Waals surface area (Å²) in [5.74, 6) is -1.33. The average Bonchev–Trinajstić information content (AvgIpc) is 2.87. The molecule has 3 aromatic carbocycles. The zero-order valence-corrected chi connectivity index (χ0v) is 19.7. The number of likely N-dealkylation sites (N-methyl/N-ethyl adjacent to an activating group) is 1. The van der Waals surface area contributed by atoms with Crippen molar-refractivity contribution in [3.8, 4) is 5.75 Å². The minimum absolute atomic E-state index is 0.138. The Labute approximate surface area is 205 Å². The maximum absolute atomic E-state index is 12.8. The van der Waals surface area contributed by atoms with Crippen molar-refractivity contribution in [1.29, 1.82) is 0 Å². The van der Waals surface area contributed by atoms with Crippen LogP contribution in [0.15, 0.2) is 66.7 Å². The van der Waals surface area contributed by atoms with Gasteiger partial charge in [0.05, 0.1) is 6.54 Å². The number of carbonyl (C=O) groups is 2. The van der Waals surface area contributed by atoms with Gasteiger partial charge in [0.2, 0.25) is 12.0 Å². The van der Waals surface area contributed by atoms with E-state index in [1.54, 1.807) is 49.5 Å². The van der Waals surface area contributed by atoms with Gasteiger partial charge in [0.25, 0.3) is 0 Å². The fourth-order valence-corrected chi connectivity index (χ4v) is 4.76. The second kappa shape index (κ2) is 9.23. The van der Waals surface area contributed by atoms with Crippen molar-refractivity contribution in [3.05, 3.63) is 92.9 Å². The van der Waals surface area contributed by atoms with Crippen LogP contribution in [0.4, 0.5) is 5.69 Å². The molecule has 33 heavy (non-hydrogen) atoms. The maximum atomic E-state index is 12.8. The van der Waals surface area contributed by atoms with Gasteiger partial charge in [-0.15, -0.1) is 0 Å². The lowest BCUT2D eigenvalue weighted by atomic mass is 9.77. The molecule has 2 atom stereocenters. The van der Waals surface area contributed by atoms with Gasteiger partial charge < -0.3 is 14.7 Å². The van der Waals surface area contributed by atoms with Crippen molar-refractivity contribution in [2.45, 2.75) is 11.6 Å². The number of nitrogens with one attached hydrogen (secondary N) is 1. The van der Waals surface area contributed by atoms with E-state index >= 15 is 0 Å². The monoisotopic (exact) mass is 504 g/mol. The number of nitrogens with zero attached hydrogens (tertiary/aromatic N) is 1. The molecular formula is C24H19Cl3N2O4. The number of fused-ring (bicyclic) bond motifs is 1. The summed E-state index contributed by atoms with van der Waals surface area (Å²) in [7, 11) is 1.63. The lowest BCUT2D eigenvalue weighted by molar-refractivity contribution is -0.149. The van der Waals surface area contributed by atoms with Gasteiger partial charge in [-0.05, 0) is 42.0 Å². The number of benzene rings is 3. The second-order valence-corrected chi connectivity index (χ2v) is 8.89. The summed E-state index contributed by atoms with van der Waals surface area (Å²) < 4.78 is 6.05. The first-order valence-corrected chi connectivity index (χ1v) is 11.1. The Hall–Kier alpha value is -2.77. The minimum Gasteiger partial charge on any atom is -0.478 e. The SMILES string of the molecule is CN1C(=O)CN[C@](c2ccccc2)([C@H](Oc2cc(Cl)cc(Cl)c2)C(=O)O)c2cc(Cl)ccc21. The molecule has 0 saturated heterocycles. The van der Waals surface area contributed by atoms with Gasteiger partial charge in [-0.2, -0.15) is 0 Å². The number of amides is 1. The van der Waals surface area contributed by atoms with Gasteiger partial charge in [-0.1, -0.05) is 65.1 Å². The van der Waals surface area contributed by atoms with Crippen LogP contribution in [0.5, 0.6) is 5.75 Å². The molecule has 6 nitrogen and oxygen atoms in total. The van der Waals surface area contributed by atoms with Crippen LogP contribution < -0.4 is 15.0 Å². The van der Waals surface area contributed by atoms with Crippen LogP contribution in [0.1, 0.15) is 11.1 Å². The first-order chi connectivity index (χ1) is 15.7. The number of ether oxygens (including phenoxy) is 1. The molecule has 0 radical (unpaired) electrons. The molecule has 1 amide bonds. The Bertz CT molecular complexity index is 1200. The smallest absolute Gasteiger partial charge is 0.347 e. The third-order valence-electron chi connectivity index (χ3n) is 5.57. The normalized spacial score (nSPS) is 18.9. The third kappa shape index (κ3) is 4.39. The standard InChI is InChI=1S/C24H19Cl3N2O4/c1-29-20-8-7-15(25)12-19(20)24(28-13-21(29)30,14-5-3-2-4-6-14)22(23(31)32)33-18-10-16(26)9-17(27)11-18/h2-12,22,28H,13H2,1H3,(H,31,32)/t22-,24+/m1/s1. The van der Waals surface area contributed by atoms with Gasteiger partial charge in [0.1, 0.15) is 11.3 Å².